The van der Waals surface area contributed by atoms with Crippen LogP contribution < -0.4 is 5.32 Å². The van der Waals surface area contributed by atoms with Crippen LogP contribution in [0.3, 0.4) is 0 Å². The minimum Gasteiger partial charge on any atom is -0.320 e. The monoisotopic (exact) mass is 321 g/mol. The summed E-state index contributed by atoms with van der Waals surface area (Å²) >= 11 is 1.24. The molecule has 1 aliphatic heterocycles. The van der Waals surface area contributed by atoms with E-state index < -0.39 is 11.7 Å². The summed E-state index contributed by atoms with van der Waals surface area (Å²) in [4.78, 5) is 13.2. The van der Waals surface area contributed by atoms with Gasteiger partial charge in [-0.3, -0.25) is 4.79 Å². The summed E-state index contributed by atoms with van der Waals surface area (Å²) in [7, 11) is 0. The van der Waals surface area contributed by atoms with Crippen molar-refractivity contribution in [3.63, 3.8) is 0 Å². The molecule has 0 fully saturated rings. The molecular formula is C16H10F3NOS. The summed E-state index contributed by atoms with van der Waals surface area (Å²) in [6.07, 6.45) is -2.94. The topological polar surface area (TPSA) is 29.1 Å². The highest BCUT2D eigenvalue weighted by Gasteiger charge is 2.30. The van der Waals surface area contributed by atoms with Gasteiger partial charge >= 0.3 is 6.18 Å². The lowest BCUT2D eigenvalue weighted by molar-refractivity contribution is -0.137. The van der Waals surface area contributed by atoms with Crippen molar-refractivity contribution in [3.8, 4) is 0 Å². The van der Waals surface area contributed by atoms with Gasteiger partial charge in [-0.25, -0.2) is 0 Å². The maximum atomic E-state index is 12.7. The van der Waals surface area contributed by atoms with Gasteiger partial charge in [0.15, 0.2) is 0 Å². The number of para-hydroxylation sites is 1. The van der Waals surface area contributed by atoms with Gasteiger partial charge in [-0.05, 0) is 35.9 Å². The number of anilines is 1. The highest BCUT2D eigenvalue weighted by Crippen LogP contribution is 2.39. The number of benzene rings is 2. The van der Waals surface area contributed by atoms with Crippen LogP contribution in [0.15, 0.2) is 58.3 Å². The summed E-state index contributed by atoms with van der Waals surface area (Å²) in [5.74, 6) is -0.318. The second-order valence-corrected chi connectivity index (χ2v) is 5.77. The van der Waals surface area contributed by atoms with E-state index >= 15 is 0 Å². The molecule has 1 N–H and O–H groups in total. The van der Waals surface area contributed by atoms with Gasteiger partial charge < -0.3 is 5.32 Å². The Hall–Kier alpha value is -2.21. The molecule has 0 bridgehead atoms. The third kappa shape index (κ3) is 3.01. The number of carbonyl (C=O) groups is 1. The maximum absolute atomic E-state index is 12.7. The smallest absolute Gasteiger partial charge is 0.320 e. The molecule has 1 aliphatic rings. The predicted molar refractivity (Wildman–Crippen MR) is 80.3 cm³/mol. The van der Waals surface area contributed by atoms with Crippen LogP contribution in [0.2, 0.25) is 0 Å². The van der Waals surface area contributed by atoms with Crippen molar-refractivity contribution in [1.82, 2.24) is 0 Å². The van der Waals surface area contributed by atoms with Crippen LogP contribution in [0.1, 0.15) is 11.1 Å². The number of alkyl halides is 3. The molecule has 2 aromatic rings. The first-order valence-corrected chi connectivity index (χ1v) is 7.22. The molecule has 0 saturated heterocycles. The molecule has 0 saturated carbocycles. The Morgan fingerprint density at radius 1 is 1.05 bits per heavy atom. The highest BCUT2D eigenvalue weighted by molar-refractivity contribution is 8.04. The van der Waals surface area contributed by atoms with Crippen molar-refractivity contribution in [2.24, 2.45) is 0 Å². The number of halogens is 3. The first-order chi connectivity index (χ1) is 10.4. The molecule has 2 aromatic carbocycles. The Labute approximate surface area is 129 Å². The van der Waals surface area contributed by atoms with E-state index in [1.54, 1.807) is 12.1 Å². The second-order valence-electron chi connectivity index (χ2n) is 4.68. The van der Waals surface area contributed by atoms with Crippen LogP contribution in [-0.2, 0) is 11.0 Å². The van der Waals surface area contributed by atoms with E-state index in [1.165, 1.54) is 30.0 Å². The molecule has 0 aliphatic carbocycles. The minimum atomic E-state index is -4.40. The Balaban J connectivity index is 1.95. The van der Waals surface area contributed by atoms with Crippen LogP contribution in [-0.4, -0.2) is 5.91 Å². The molecule has 3 rings (SSSR count). The Morgan fingerprint density at radius 2 is 1.82 bits per heavy atom. The van der Waals surface area contributed by atoms with Crippen LogP contribution in [0, 0.1) is 0 Å². The van der Waals surface area contributed by atoms with Crippen molar-refractivity contribution in [2.75, 3.05) is 5.32 Å². The number of nitrogens with one attached hydrogen (secondary N) is 1. The van der Waals surface area contributed by atoms with E-state index in [1.807, 2.05) is 12.1 Å². The average Bonchev–Trinajstić information content (AvgIpc) is 2.47. The summed E-state index contributed by atoms with van der Waals surface area (Å²) < 4.78 is 38.1. The number of hydrogen-bond acceptors (Lipinski definition) is 2. The molecule has 112 valence electrons. The van der Waals surface area contributed by atoms with Crippen molar-refractivity contribution < 1.29 is 18.0 Å². The number of fused-ring (bicyclic) bond motifs is 1. The van der Waals surface area contributed by atoms with Crippen molar-refractivity contribution in [1.29, 1.82) is 0 Å². The summed E-state index contributed by atoms with van der Waals surface area (Å²) in [5.41, 5.74) is 0.314. The SMILES string of the molecule is O=C1Nc2ccccc2SC1=Cc1cccc(C(F)(F)F)c1. The fourth-order valence-corrected chi connectivity index (χ4v) is 3.01. The summed E-state index contributed by atoms with van der Waals surface area (Å²) in [6, 6.07) is 12.2. The third-order valence-corrected chi connectivity index (χ3v) is 4.19. The lowest BCUT2D eigenvalue weighted by atomic mass is 10.1. The Morgan fingerprint density at radius 3 is 2.59 bits per heavy atom. The molecular weight excluding hydrogens is 311 g/mol. The lowest BCUT2D eigenvalue weighted by Gasteiger charge is -2.18. The zero-order chi connectivity index (χ0) is 15.7. The standard InChI is InChI=1S/C16H10F3NOS/c17-16(18,19)11-5-3-4-10(8-11)9-14-15(21)20-12-6-1-2-7-13(12)22-14/h1-9H,(H,20,21). The lowest BCUT2D eigenvalue weighted by Crippen LogP contribution is -2.17. The number of rotatable bonds is 1. The van der Waals surface area contributed by atoms with Crippen LogP contribution in [0.5, 0.6) is 0 Å². The molecule has 0 spiro atoms. The molecule has 0 radical (unpaired) electrons. The molecule has 22 heavy (non-hydrogen) atoms. The summed E-state index contributed by atoms with van der Waals surface area (Å²) in [5, 5.41) is 2.72. The fourth-order valence-electron chi connectivity index (χ4n) is 2.06. The highest BCUT2D eigenvalue weighted by atomic mass is 32.2. The zero-order valence-electron chi connectivity index (χ0n) is 11.1. The summed E-state index contributed by atoms with van der Waals surface area (Å²) in [6.45, 7) is 0. The third-order valence-electron chi connectivity index (χ3n) is 3.09. The molecule has 0 atom stereocenters. The van der Waals surface area contributed by atoms with Crippen LogP contribution in [0.25, 0.3) is 6.08 Å². The molecule has 0 unspecified atom stereocenters. The number of amides is 1. The van der Waals surface area contributed by atoms with E-state index in [-0.39, 0.29) is 5.91 Å². The average molecular weight is 321 g/mol. The second kappa shape index (κ2) is 5.53. The molecule has 6 heteroatoms. The molecule has 1 heterocycles. The van der Waals surface area contributed by atoms with E-state index in [0.29, 0.717) is 16.2 Å². The number of carbonyl (C=O) groups excluding carboxylic acids is 1. The first-order valence-electron chi connectivity index (χ1n) is 6.41. The molecule has 1 amide bonds. The molecule has 2 nitrogen and oxygen atoms in total. The van der Waals surface area contributed by atoms with Gasteiger partial charge in [0.1, 0.15) is 0 Å². The van der Waals surface area contributed by atoms with Gasteiger partial charge in [-0.2, -0.15) is 13.2 Å². The van der Waals surface area contributed by atoms with E-state index in [4.69, 9.17) is 0 Å². The fraction of sp³-hybridized carbons (Fsp3) is 0.0625. The van der Waals surface area contributed by atoms with E-state index in [9.17, 15) is 18.0 Å². The normalized spacial score (nSPS) is 16.3. The minimum absolute atomic E-state index is 0.318. The van der Waals surface area contributed by atoms with Gasteiger partial charge in [0.25, 0.3) is 5.91 Å². The first kappa shape index (κ1) is 14.7. The van der Waals surface area contributed by atoms with Crippen molar-refractivity contribution in [2.45, 2.75) is 11.1 Å². The predicted octanol–water partition coefficient (Wildman–Crippen LogP) is 4.79. The van der Waals surface area contributed by atoms with E-state index in [2.05, 4.69) is 5.32 Å². The van der Waals surface area contributed by atoms with Crippen molar-refractivity contribution in [3.05, 3.63) is 64.6 Å². The van der Waals surface area contributed by atoms with Gasteiger partial charge in [-0.1, -0.05) is 36.0 Å². The number of thioether (sulfide) groups is 1. The molecule has 0 aromatic heterocycles. The van der Waals surface area contributed by atoms with Gasteiger partial charge in [0.2, 0.25) is 0 Å². The Bertz CT molecular complexity index is 768. The van der Waals surface area contributed by atoms with Gasteiger partial charge in [0.05, 0.1) is 16.2 Å². The number of hydrogen-bond donors (Lipinski definition) is 1. The maximum Gasteiger partial charge on any atom is 0.416 e. The van der Waals surface area contributed by atoms with E-state index in [0.717, 1.165) is 17.0 Å². The van der Waals surface area contributed by atoms with Gasteiger partial charge in [-0.15, -0.1) is 0 Å². The Kier molecular flexibility index (Phi) is 3.70. The largest absolute Gasteiger partial charge is 0.416 e. The van der Waals surface area contributed by atoms with Gasteiger partial charge in [0, 0.05) is 4.90 Å². The van der Waals surface area contributed by atoms with Crippen LogP contribution in [0.4, 0.5) is 18.9 Å². The zero-order valence-corrected chi connectivity index (χ0v) is 12.0. The van der Waals surface area contributed by atoms with Crippen LogP contribution >= 0.6 is 11.8 Å². The van der Waals surface area contributed by atoms with Crippen molar-refractivity contribution >= 4 is 29.4 Å². The quantitative estimate of drug-likeness (QED) is 0.765.